The van der Waals surface area contributed by atoms with Crippen LogP contribution in [-0.2, 0) is 11.3 Å². The molecule has 0 atom stereocenters. The first-order chi connectivity index (χ1) is 9.61. The van der Waals surface area contributed by atoms with Crippen LogP contribution in [-0.4, -0.2) is 36.1 Å². The van der Waals surface area contributed by atoms with E-state index < -0.39 is 0 Å². The maximum Gasteiger partial charge on any atom is 0.276 e. The number of thiophene rings is 1. The third-order valence-corrected chi connectivity index (χ3v) is 3.93. The SMILES string of the molecule is COCCN(Cc1ccc(C)s1)C(=O)c1ncoc1C. The van der Waals surface area contributed by atoms with Crippen LogP contribution in [0.25, 0.3) is 0 Å². The first-order valence-corrected chi connectivity index (χ1v) is 7.17. The van der Waals surface area contributed by atoms with E-state index in [9.17, 15) is 4.79 Å². The predicted molar refractivity (Wildman–Crippen MR) is 76.9 cm³/mol. The second-order valence-corrected chi connectivity index (χ2v) is 5.86. The van der Waals surface area contributed by atoms with Gasteiger partial charge >= 0.3 is 0 Å². The van der Waals surface area contributed by atoms with Gasteiger partial charge in [0.1, 0.15) is 5.76 Å². The summed E-state index contributed by atoms with van der Waals surface area (Å²) < 4.78 is 10.2. The van der Waals surface area contributed by atoms with E-state index in [1.54, 1.807) is 30.3 Å². The molecule has 2 aromatic rings. The fourth-order valence-electron chi connectivity index (χ4n) is 1.87. The topological polar surface area (TPSA) is 55.6 Å². The molecule has 0 aliphatic heterocycles. The van der Waals surface area contributed by atoms with Crippen LogP contribution in [0.4, 0.5) is 0 Å². The zero-order chi connectivity index (χ0) is 14.5. The lowest BCUT2D eigenvalue weighted by molar-refractivity contribution is 0.0675. The van der Waals surface area contributed by atoms with Crippen LogP contribution in [0.1, 0.15) is 26.0 Å². The summed E-state index contributed by atoms with van der Waals surface area (Å²) in [7, 11) is 1.62. The Bertz CT molecular complexity index is 576. The number of aryl methyl sites for hydroxylation is 2. The quantitative estimate of drug-likeness (QED) is 0.822. The maximum atomic E-state index is 12.5. The van der Waals surface area contributed by atoms with Gasteiger partial charge in [0.05, 0.1) is 13.2 Å². The van der Waals surface area contributed by atoms with Gasteiger partial charge in [-0.25, -0.2) is 4.98 Å². The van der Waals surface area contributed by atoms with Crippen LogP contribution >= 0.6 is 11.3 Å². The lowest BCUT2D eigenvalue weighted by Gasteiger charge is -2.20. The van der Waals surface area contributed by atoms with Crippen LogP contribution in [0.2, 0.25) is 0 Å². The van der Waals surface area contributed by atoms with Crippen molar-refractivity contribution in [3.8, 4) is 0 Å². The van der Waals surface area contributed by atoms with Crippen LogP contribution in [0, 0.1) is 13.8 Å². The molecule has 108 valence electrons. The van der Waals surface area contributed by atoms with E-state index in [2.05, 4.69) is 18.0 Å². The normalized spacial score (nSPS) is 10.8. The summed E-state index contributed by atoms with van der Waals surface area (Å²) in [6.07, 6.45) is 1.30. The summed E-state index contributed by atoms with van der Waals surface area (Å²) in [4.78, 5) is 20.6. The Kier molecular flexibility index (Phi) is 4.92. The van der Waals surface area contributed by atoms with Gasteiger partial charge in [-0.15, -0.1) is 11.3 Å². The number of hydrogen-bond donors (Lipinski definition) is 0. The summed E-state index contributed by atoms with van der Waals surface area (Å²) in [5.74, 6) is 0.416. The number of carbonyl (C=O) groups excluding carboxylic acids is 1. The van der Waals surface area contributed by atoms with E-state index in [-0.39, 0.29) is 5.91 Å². The van der Waals surface area contributed by atoms with Gasteiger partial charge in [-0.2, -0.15) is 0 Å². The van der Waals surface area contributed by atoms with Crippen LogP contribution in [0.15, 0.2) is 22.9 Å². The van der Waals surface area contributed by atoms with Gasteiger partial charge in [-0.1, -0.05) is 0 Å². The van der Waals surface area contributed by atoms with Crippen molar-refractivity contribution >= 4 is 17.2 Å². The van der Waals surface area contributed by atoms with Gasteiger partial charge in [0.15, 0.2) is 12.1 Å². The lowest BCUT2D eigenvalue weighted by Crippen LogP contribution is -2.33. The Morgan fingerprint density at radius 1 is 1.45 bits per heavy atom. The van der Waals surface area contributed by atoms with Gasteiger partial charge in [-0.05, 0) is 26.0 Å². The number of nitrogens with zero attached hydrogens (tertiary/aromatic N) is 2. The molecular weight excluding hydrogens is 276 g/mol. The van der Waals surface area contributed by atoms with E-state index in [1.165, 1.54) is 11.3 Å². The van der Waals surface area contributed by atoms with E-state index in [4.69, 9.17) is 9.15 Å². The summed E-state index contributed by atoms with van der Waals surface area (Å²) in [5.41, 5.74) is 0.370. The number of rotatable bonds is 6. The molecule has 0 bridgehead atoms. The van der Waals surface area contributed by atoms with Crippen molar-refractivity contribution in [1.29, 1.82) is 0 Å². The third kappa shape index (κ3) is 3.46. The fourth-order valence-corrected chi connectivity index (χ4v) is 2.78. The smallest absolute Gasteiger partial charge is 0.276 e. The van der Waals surface area contributed by atoms with E-state index in [0.717, 1.165) is 4.88 Å². The molecule has 1 amide bonds. The minimum atomic E-state index is -0.126. The van der Waals surface area contributed by atoms with Crippen molar-refractivity contribution < 1.29 is 13.9 Å². The highest BCUT2D eigenvalue weighted by molar-refractivity contribution is 7.11. The number of methoxy groups -OCH3 is 1. The summed E-state index contributed by atoms with van der Waals surface area (Å²) in [5, 5.41) is 0. The molecule has 0 aromatic carbocycles. The number of amides is 1. The number of ether oxygens (including phenoxy) is 1. The van der Waals surface area contributed by atoms with E-state index in [0.29, 0.717) is 31.2 Å². The van der Waals surface area contributed by atoms with Crippen molar-refractivity contribution in [1.82, 2.24) is 9.88 Å². The summed E-state index contributed by atoms with van der Waals surface area (Å²) in [6, 6.07) is 4.10. The fraction of sp³-hybridized carbons (Fsp3) is 0.429. The molecular formula is C14H18N2O3S. The Morgan fingerprint density at radius 2 is 2.25 bits per heavy atom. The zero-order valence-electron chi connectivity index (χ0n) is 11.9. The van der Waals surface area contributed by atoms with Crippen LogP contribution < -0.4 is 0 Å². The van der Waals surface area contributed by atoms with Gasteiger partial charge in [0.2, 0.25) is 0 Å². The Morgan fingerprint density at radius 3 is 2.80 bits per heavy atom. The van der Waals surface area contributed by atoms with Crippen LogP contribution in [0.5, 0.6) is 0 Å². The number of carbonyl (C=O) groups is 1. The molecule has 2 aromatic heterocycles. The van der Waals surface area contributed by atoms with Crippen molar-refractivity contribution in [2.45, 2.75) is 20.4 Å². The number of hydrogen-bond acceptors (Lipinski definition) is 5. The molecule has 0 N–H and O–H groups in total. The monoisotopic (exact) mass is 294 g/mol. The number of oxazole rings is 1. The highest BCUT2D eigenvalue weighted by Gasteiger charge is 2.21. The third-order valence-electron chi connectivity index (χ3n) is 2.94. The largest absolute Gasteiger partial charge is 0.448 e. The molecule has 0 aliphatic rings. The standard InChI is InChI=1S/C14H18N2O3S/c1-10-4-5-12(20-10)8-16(6-7-18-3)14(17)13-11(2)19-9-15-13/h4-5,9H,6-8H2,1-3H3. The second-order valence-electron chi connectivity index (χ2n) is 4.49. The molecule has 0 radical (unpaired) electrons. The minimum absolute atomic E-state index is 0.126. The molecule has 0 aliphatic carbocycles. The second kappa shape index (κ2) is 6.67. The molecule has 6 heteroatoms. The average Bonchev–Trinajstić information content (AvgIpc) is 3.02. The molecule has 5 nitrogen and oxygen atoms in total. The van der Waals surface area contributed by atoms with E-state index >= 15 is 0 Å². The Balaban J connectivity index is 2.14. The predicted octanol–water partition coefficient (Wildman–Crippen LogP) is 2.64. The molecule has 0 unspecified atom stereocenters. The van der Waals surface area contributed by atoms with Crippen LogP contribution in [0.3, 0.4) is 0 Å². The number of aromatic nitrogens is 1. The van der Waals surface area contributed by atoms with Gasteiger partial charge in [-0.3, -0.25) is 4.79 Å². The molecule has 0 spiro atoms. The minimum Gasteiger partial charge on any atom is -0.448 e. The highest BCUT2D eigenvalue weighted by Crippen LogP contribution is 2.19. The van der Waals surface area contributed by atoms with E-state index in [1.807, 2.05) is 6.07 Å². The molecule has 0 saturated carbocycles. The first kappa shape index (κ1) is 14.7. The summed E-state index contributed by atoms with van der Waals surface area (Å²) in [6.45, 7) is 5.37. The van der Waals surface area contributed by atoms with Gasteiger partial charge in [0, 0.05) is 23.4 Å². The molecule has 20 heavy (non-hydrogen) atoms. The molecule has 2 rings (SSSR count). The van der Waals surface area contributed by atoms with Crippen molar-refractivity contribution in [2.75, 3.05) is 20.3 Å². The average molecular weight is 294 g/mol. The van der Waals surface area contributed by atoms with Crippen molar-refractivity contribution in [2.24, 2.45) is 0 Å². The first-order valence-electron chi connectivity index (χ1n) is 6.35. The zero-order valence-corrected chi connectivity index (χ0v) is 12.7. The molecule has 0 saturated heterocycles. The highest BCUT2D eigenvalue weighted by atomic mass is 32.1. The molecule has 0 fully saturated rings. The lowest BCUT2D eigenvalue weighted by atomic mass is 10.3. The van der Waals surface area contributed by atoms with Gasteiger partial charge < -0.3 is 14.1 Å². The molecule has 2 heterocycles. The summed E-state index contributed by atoms with van der Waals surface area (Å²) >= 11 is 1.69. The van der Waals surface area contributed by atoms with Crippen molar-refractivity contribution in [3.05, 3.63) is 39.7 Å². The Hall–Kier alpha value is -1.66. The maximum absolute atomic E-state index is 12.5. The van der Waals surface area contributed by atoms with Crippen molar-refractivity contribution in [3.63, 3.8) is 0 Å². The van der Waals surface area contributed by atoms with Gasteiger partial charge in [0.25, 0.3) is 5.91 Å². The Labute approximate surface area is 122 Å².